The average molecular weight is 293 g/mol. The van der Waals surface area contributed by atoms with E-state index in [2.05, 4.69) is 5.32 Å². The molecule has 0 aromatic heterocycles. The molecule has 3 aliphatic rings. The number of hydrogen-bond acceptors (Lipinski definition) is 2. The quantitative estimate of drug-likeness (QED) is 0.824. The van der Waals surface area contributed by atoms with Gasteiger partial charge in [-0.05, 0) is 69.2 Å². The van der Waals surface area contributed by atoms with Gasteiger partial charge in [0.1, 0.15) is 0 Å². The normalized spacial score (nSPS) is 33.3. The molecule has 3 heteroatoms. The van der Waals surface area contributed by atoms with Gasteiger partial charge in [0.25, 0.3) is 0 Å². The van der Waals surface area contributed by atoms with Crippen LogP contribution in [0.3, 0.4) is 0 Å². The monoisotopic (exact) mass is 293 g/mol. The molecule has 0 bridgehead atoms. The molecule has 21 heavy (non-hydrogen) atoms. The van der Waals surface area contributed by atoms with E-state index in [1.807, 2.05) is 0 Å². The molecule has 120 valence electrons. The lowest BCUT2D eigenvalue weighted by Gasteiger charge is -2.38. The van der Waals surface area contributed by atoms with Crippen LogP contribution in [0, 0.1) is 17.3 Å². The van der Waals surface area contributed by atoms with Crippen LogP contribution in [0.2, 0.25) is 0 Å². The van der Waals surface area contributed by atoms with Gasteiger partial charge in [-0.15, -0.1) is 0 Å². The molecule has 0 aromatic carbocycles. The Hall–Kier alpha value is -0.570. The van der Waals surface area contributed by atoms with Crippen LogP contribution in [0.4, 0.5) is 0 Å². The molecule has 2 N–H and O–H groups in total. The number of carboxylic acid groups (broad SMARTS) is 1. The number of rotatable bonds is 4. The molecule has 3 saturated carbocycles. The zero-order valence-corrected chi connectivity index (χ0v) is 13.3. The number of nitrogens with one attached hydrogen (secondary N) is 1. The zero-order valence-electron chi connectivity index (χ0n) is 13.3. The van der Waals surface area contributed by atoms with Gasteiger partial charge in [0.15, 0.2) is 0 Å². The molecule has 0 aliphatic heterocycles. The summed E-state index contributed by atoms with van der Waals surface area (Å²) in [5.41, 5.74) is 0.701. The maximum Gasteiger partial charge on any atom is 0.306 e. The Kier molecular flexibility index (Phi) is 4.88. The van der Waals surface area contributed by atoms with Crippen LogP contribution < -0.4 is 5.32 Å². The van der Waals surface area contributed by atoms with Crippen LogP contribution >= 0.6 is 0 Å². The summed E-state index contributed by atoms with van der Waals surface area (Å²) in [6.45, 7) is 0.925. The second kappa shape index (κ2) is 6.68. The smallest absolute Gasteiger partial charge is 0.306 e. The van der Waals surface area contributed by atoms with Gasteiger partial charge in [-0.1, -0.05) is 25.7 Å². The second-order valence-corrected chi connectivity index (χ2v) is 7.88. The molecular formula is C18H31NO2. The Morgan fingerprint density at radius 3 is 2.29 bits per heavy atom. The maximum atomic E-state index is 11.4. The van der Waals surface area contributed by atoms with E-state index in [0.29, 0.717) is 17.4 Å². The molecule has 0 saturated heterocycles. The predicted octanol–water partition coefficient (Wildman–Crippen LogP) is 3.97. The van der Waals surface area contributed by atoms with Gasteiger partial charge in [0.05, 0.1) is 5.92 Å². The molecule has 3 nitrogen and oxygen atoms in total. The molecule has 3 aliphatic carbocycles. The van der Waals surface area contributed by atoms with Crippen molar-refractivity contribution in [2.75, 3.05) is 6.54 Å². The van der Waals surface area contributed by atoms with Crippen LogP contribution in [-0.4, -0.2) is 23.7 Å². The highest BCUT2D eigenvalue weighted by Crippen LogP contribution is 2.48. The predicted molar refractivity (Wildman–Crippen MR) is 84.2 cm³/mol. The fourth-order valence-corrected chi connectivity index (χ4v) is 5.15. The molecule has 3 fully saturated rings. The third-order valence-electron chi connectivity index (χ3n) is 6.61. The van der Waals surface area contributed by atoms with Crippen molar-refractivity contribution in [1.29, 1.82) is 0 Å². The molecule has 0 amide bonds. The van der Waals surface area contributed by atoms with Crippen molar-refractivity contribution in [3.63, 3.8) is 0 Å². The van der Waals surface area contributed by atoms with Crippen LogP contribution in [0.5, 0.6) is 0 Å². The van der Waals surface area contributed by atoms with Crippen LogP contribution in [0.25, 0.3) is 0 Å². The van der Waals surface area contributed by atoms with Crippen molar-refractivity contribution in [3.05, 3.63) is 0 Å². The topological polar surface area (TPSA) is 49.3 Å². The molecule has 0 aromatic rings. The number of carboxylic acids is 1. The Balaban J connectivity index is 1.44. The summed E-state index contributed by atoms with van der Waals surface area (Å²) in [4.78, 5) is 11.4. The minimum absolute atomic E-state index is 0.101. The fraction of sp³-hybridized carbons (Fsp3) is 0.944. The summed E-state index contributed by atoms with van der Waals surface area (Å²) < 4.78 is 0. The van der Waals surface area contributed by atoms with E-state index in [1.54, 1.807) is 0 Å². The van der Waals surface area contributed by atoms with E-state index in [9.17, 15) is 9.90 Å². The van der Waals surface area contributed by atoms with E-state index in [1.165, 1.54) is 57.8 Å². The SMILES string of the molecule is O=C(O)C1CCCCC1CNC1CCC2(CCCC2)CC1. The first-order valence-corrected chi connectivity index (χ1v) is 9.15. The van der Waals surface area contributed by atoms with Gasteiger partial charge in [-0.25, -0.2) is 0 Å². The number of carbonyl (C=O) groups is 1. The van der Waals surface area contributed by atoms with Gasteiger partial charge in [-0.3, -0.25) is 4.79 Å². The first-order chi connectivity index (χ1) is 10.2. The first kappa shape index (κ1) is 15.3. The van der Waals surface area contributed by atoms with Crippen molar-refractivity contribution >= 4 is 5.97 Å². The molecule has 1 spiro atoms. The third-order valence-corrected chi connectivity index (χ3v) is 6.61. The standard InChI is InChI=1S/C18H31NO2/c20-17(21)16-6-2-1-5-14(16)13-19-15-7-11-18(12-8-15)9-3-4-10-18/h14-16,19H,1-13H2,(H,20,21). The summed E-state index contributed by atoms with van der Waals surface area (Å²) in [7, 11) is 0. The lowest BCUT2D eigenvalue weighted by Crippen LogP contribution is -2.42. The highest BCUT2D eigenvalue weighted by molar-refractivity contribution is 5.70. The molecule has 0 heterocycles. The second-order valence-electron chi connectivity index (χ2n) is 7.88. The third kappa shape index (κ3) is 3.61. The Bertz CT molecular complexity index is 352. The summed E-state index contributed by atoms with van der Waals surface area (Å²) in [6.07, 6.45) is 15.5. The van der Waals surface area contributed by atoms with E-state index < -0.39 is 5.97 Å². The molecule has 2 atom stereocenters. The van der Waals surface area contributed by atoms with Crippen molar-refractivity contribution in [1.82, 2.24) is 5.32 Å². The Morgan fingerprint density at radius 2 is 1.62 bits per heavy atom. The van der Waals surface area contributed by atoms with E-state index >= 15 is 0 Å². The van der Waals surface area contributed by atoms with Gasteiger partial charge in [0.2, 0.25) is 0 Å². The maximum absolute atomic E-state index is 11.4. The average Bonchev–Trinajstić information content (AvgIpc) is 2.95. The fourth-order valence-electron chi connectivity index (χ4n) is 5.15. The van der Waals surface area contributed by atoms with E-state index in [4.69, 9.17) is 0 Å². The van der Waals surface area contributed by atoms with Gasteiger partial charge < -0.3 is 10.4 Å². The number of hydrogen-bond donors (Lipinski definition) is 2. The van der Waals surface area contributed by atoms with Crippen LogP contribution in [0.15, 0.2) is 0 Å². The van der Waals surface area contributed by atoms with Crippen molar-refractivity contribution in [3.8, 4) is 0 Å². The lowest BCUT2D eigenvalue weighted by molar-refractivity contribution is -0.144. The van der Waals surface area contributed by atoms with Crippen LogP contribution in [0.1, 0.15) is 77.0 Å². The Labute approximate surface area is 128 Å². The molecule has 3 rings (SSSR count). The number of aliphatic carboxylic acids is 1. The minimum atomic E-state index is -0.574. The van der Waals surface area contributed by atoms with Crippen molar-refractivity contribution in [2.45, 2.75) is 83.1 Å². The van der Waals surface area contributed by atoms with Crippen molar-refractivity contribution < 1.29 is 9.90 Å². The van der Waals surface area contributed by atoms with Gasteiger partial charge >= 0.3 is 5.97 Å². The first-order valence-electron chi connectivity index (χ1n) is 9.15. The van der Waals surface area contributed by atoms with Gasteiger partial charge in [0, 0.05) is 6.04 Å². The summed E-state index contributed by atoms with van der Waals surface area (Å²) in [6, 6.07) is 0.646. The zero-order chi connectivity index (χ0) is 14.7. The largest absolute Gasteiger partial charge is 0.481 e. The van der Waals surface area contributed by atoms with Gasteiger partial charge in [-0.2, -0.15) is 0 Å². The molecule has 2 unspecified atom stereocenters. The molecular weight excluding hydrogens is 262 g/mol. The van der Waals surface area contributed by atoms with E-state index in [0.717, 1.165) is 25.8 Å². The summed E-state index contributed by atoms with van der Waals surface area (Å²) in [5, 5.41) is 13.1. The summed E-state index contributed by atoms with van der Waals surface area (Å²) in [5.74, 6) is -0.315. The molecule has 0 radical (unpaired) electrons. The minimum Gasteiger partial charge on any atom is -0.481 e. The Morgan fingerprint density at radius 1 is 0.952 bits per heavy atom. The van der Waals surface area contributed by atoms with E-state index in [-0.39, 0.29) is 5.92 Å². The highest BCUT2D eigenvalue weighted by atomic mass is 16.4. The van der Waals surface area contributed by atoms with Crippen molar-refractivity contribution in [2.24, 2.45) is 17.3 Å². The van der Waals surface area contributed by atoms with Crippen LogP contribution in [-0.2, 0) is 4.79 Å². The highest BCUT2D eigenvalue weighted by Gasteiger charge is 2.38. The summed E-state index contributed by atoms with van der Waals surface area (Å²) >= 11 is 0. The lowest BCUT2D eigenvalue weighted by atomic mass is 9.71.